The highest BCUT2D eigenvalue weighted by Crippen LogP contribution is 2.40. The molecule has 1 fully saturated rings. The number of rotatable bonds is 3. The molecule has 88 valence electrons. The second-order valence-electron chi connectivity index (χ2n) is 5.89. The molecule has 1 aliphatic carbocycles. The topological polar surface area (TPSA) is 24.9 Å². The zero-order valence-electron chi connectivity index (χ0n) is 10.5. The van der Waals surface area contributed by atoms with Crippen LogP contribution in [0.4, 0.5) is 0 Å². The van der Waals surface area contributed by atoms with Crippen LogP contribution in [0.1, 0.15) is 39.2 Å². The van der Waals surface area contributed by atoms with Crippen LogP contribution in [0.25, 0.3) is 0 Å². The highest BCUT2D eigenvalue weighted by atomic mass is 14.9. The van der Waals surface area contributed by atoms with Gasteiger partial charge >= 0.3 is 0 Å². The fraction of sp³-hybridized carbons (Fsp3) is 0.643. The van der Waals surface area contributed by atoms with E-state index in [0.29, 0.717) is 11.5 Å². The summed E-state index contributed by atoms with van der Waals surface area (Å²) < 4.78 is 0. The molecule has 0 amide bonds. The number of hydrogen-bond acceptors (Lipinski definition) is 2. The third kappa shape index (κ3) is 2.82. The summed E-state index contributed by atoms with van der Waals surface area (Å²) in [5.41, 5.74) is 1.84. The molecule has 1 aromatic heterocycles. The van der Waals surface area contributed by atoms with Gasteiger partial charge in [-0.25, -0.2) is 0 Å². The lowest BCUT2D eigenvalue weighted by Gasteiger charge is -2.18. The molecule has 1 saturated carbocycles. The minimum atomic E-state index is 0.509. The quantitative estimate of drug-likeness (QED) is 0.843. The molecule has 1 aliphatic rings. The van der Waals surface area contributed by atoms with Crippen LogP contribution >= 0.6 is 0 Å². The largest absolute Gasteiger partial charge is 0.310 e. The maximum atomic E-state index is 4.04. The molecule has 2 atom stereocenters. The zero-order valence-corrected chi connectivity index (χ0v) is 10.5. The summed E-state index contributed by atoms with van der Waals surface area (Å²) >= 11 is 0. The first-order chi connectivity index (χ1) is 7.57. The van der Waals surface area contributed by atoms with Gasteiger partial charge in [-0.1, -0.05) is 20.8 Å². The Hall–Kier alpha value is -0.890. The third-order valence-electron chi connectivity index (χ3n) is 3.65. The number of aromatic nitrogens is 1. The molecule has 0 radical (unpaired) electrons. The lowest BCUT2D eigenvalue weighted by molar-refractivity contribution is 0.362. The van der Waals surface area contributed by atoms with E-state index in [-0.39, 0.29) is 0 Å². The monoisotopic (exact) mass is 218 g/mol. The van der Waals surface area contributed by atoms with Gasteiger partial charge in [-0.3, -0.25) is 4.98 Å². The second-order valence-corrected chi connectivity index (χ2v) is 5.89. The van der Waals surface area contributed by atoms with Crippen molar-refractivity contribution >= 4 is 0 Å². The van der Waals surface area contributed by atoms with E-state index < -0.39 is 0 Å². The summed E-state index contributed by atoms with van der Waals surface area (Å²) in [5.74, 6) is 0.789. The highest BCUT2D eigenvalue weighted by molar-refractivity contribution is 5.09. The molecule has 0 bridgehead atoms. The van der Waals surface area contributed by atoms with Crippen molar-refractivity contribution in [1.29, 1.82) is 0 Å². The van der Waals surface area contributed by atoms with Crippen LogP contribution in [-0.4, -0.2) is 11.0 Å². The van der Waals surface area contributed by atoms with Gasteiger partial charge in [0, 0.05) is 25.0 Å². The highest BCUT2D eigenvalue weighted by Gasteiger charge is 2.36. The summed E-state index contributed by atoms with van der Waals surface area (Å²) in [6.45, 7) is 8.07. The summed E-state index contributed by atoms with van der Waals surface area (Å²) in [7, 11) is 0. The van der Waals surface area contributed by atoms with E-state index in [9.17, 15) is 0 Å². The normalized spacial score (nSPS) is 28.2. The Labute approximate surface area is 98.5 Å². The molecule has 2 rings (SSSR count). The van der Waals surface area contributed by atoms with E-state index in [1.807, 2.05) is 12.4 Å². The summed E-state index contributed by atoms with van der Waals surface area (Å²) in [6.07, 6.45) is 6.35. The van der Waals surface area contributed by atoms with Crippen LogP contribution in [0.5, 0.6) is 0 Å². The fourth-order valence-electron chi connectivity index (χ4n) is 2.92. The van der Waals surface area contributed by atoms with Crippen LogP contribution in [-0.2, 0) is 6.54 Å². The lowest BCUT2D eigenvalue weighted by Crippen LogP contribution is -2.31. The SMILES string of the molecule is CC1CC(C)(C)CC1NCc1ccncc1. The zero-order chi connectivity index (χ0) is 11.6. The van der Waals surface area contributed by atoms with E-state index in [0.717, 1.165) is 12.5 Å². The lowest BCUT2D eigenvalue weighted by atomic mass is 9.91. The van der Waals surface area contributed by atoms with E-state index >= 15 is 0 Å². The number of pyridine rings is 1. The molecule has 0 aromatic carbocycles. The molecule has 2 heteroatoms. The summed E-state index contributed by atoms with van der Waals surface area (Å²) in [4.78, 5) is 4.04. The molecule has 1 heterocycles. The van der Waals surface area contributed by atoms with Gasteiger partial charge in [-0.15, -0.1) is 0 Å². The maximum absolute atomic E-state index is 4.04. The molecule has 2 nitrogen and oxygen atoms in total. The second kappa shape index (κ2) is 4.54. The molecule has 1 N–H and O–H groups in total. The Kier molecular flexibility index (Phi) is 3.29. The molecular formula is C14H22N2. The molecular weight excluding hydrogens is 196 g/mol. The Morgan fingerprint density at radius 2 is 2.00 bits per heavy atom. The van der Waals surface area contributed by atoms with Crippen LogP contribution in [0, 0.1) is 11.3 Å². The summed E-state index contributed by atoms with van der Waals surface area (Å²) in [5, 5.41) is 3.68. The Bertz CT molecular complexity index is 332. The third-order valence-corrected chi connectivity index (χ3v) is 3.65. The van der Waals surface area contributed by atoms with Crippen molar-refractivity contribution in [2.24, 2.45) is 11.3 Å². The predicted molar refractivity (Wildman–Crippen MR) is 67.0 cm³/mol. The minimum Gasteiger partial charge on any atom is -0.310 e. The van der Waals surface area contributed by atoms with Crippen molar-refractivity contribution in [3.8, 4) is 0 Å². The molecule has 0 aliphatic heterocycles. The van der Waals surface area contributed by atoms with E-state index in [1.165, 1.54) is 18.4 Å². The minimum absolute atomic E-state index is 0.509. The average molecular weight is 218 g/mol. The van der Waals surface area contributed by atoms with Gasteiger partial charge in [0.25, 0.3) is 0 Å². The van der Waals surface area contributed by atoms with Gasteiger partial charge in [-0.05, 0) is 41.9 Å². The van der Waals surface area contributed by atoms with Gasteiger partial charge < -0.3 is 5.32 Å². The Balaban J connectivity index is 1.87. The van der Waals surface area contributed by atoms with E-state index in [1.54, 1.807) is 0 Å². The van der Waals surface area contributed by atoms with Gasteiger partial charge in [0.1, 0.15) is 0 Å². The van der Waals surface area contributed by atoms with Gasteiger partial charge in [0.2, 0.25) is 0 Å². The van der Waals surface area contributed by atoms with Crippen LogP contribution in [0.2, 0.25) is 0 Å². The molecule has 1 aromatic rings. The first-order valence-electron chi connectivity index (χ1n) is 6.19. The number of hydrogen-bond donors (Lipinski definition) is 1. The first-order valence-corrected chi connectivity index (χ1v) is 6.19. The standard InChI is InChI=1S/C14H22N2/c1-11-8-14(2,3)9-13(11)16-10-12-4-6-15-7-5-12/h4-7,11,13,16H,8-10H2,1-3H3. The van der Waals surface area contributed by atoms with Crippen molar-refractivity contribution in [2.45, 2.75) is 46.2 Å². The molecule has 16 heavy (non-hydrogen) atoms. The smallest absolute Gasteiger partial charge is 0.0271 e. The maximum Gasteiger partial charge on any atom is 0.0271 e. The van der Waals surface area contributed by atoms with Gasteiger partial charge in [0.15, 0.2) is 0 Å². The van der Waals surface area contributed by atoms with E-state index in [2.05, 4.69) is 43.2 Å². The van der Waals surface area contributed by atoms with Gasteiger partial charge in [-0.2, -0.15) is 0 Å². The molecule has 2 unspecified atom stereocenters. The summed E-state index contributed by atoms with van der Waals surface area (Å²) in [6, 6.07) is 4.83. The molecule has 0 spiro atoms. The van der Waals surface area contributed by atoms with Gasteiger partial charge in [0.05, 0.1) is 0 Å². The van der Waals surface area contributed by atoms with Crippen molar-refractivity contribution in [3.63, 3.8) is 0 Å². The Morgan fingerprint density at radius 3 is 2.56 bits per heavy atom. The average Bonchev–Trinajstić information content (AvgIpc) is 2.50. The van der Waals surface area contributed by atoms with E-state index in [4.69, 9.17) is 0 Å². The van der Waals surface area contributed by atoms with Crippen LogP contribution < -0.4 is 5.32 Å². The Morgan fingerprint density at radius 1 is 1.31 bits per heavy atom. The van der Waals surface area contributed by atoms with Crippen molar-refractivity contribution in [2.75, 3.05) is 0 Å². The number of nitrogens with one attached hydrogen (secondary N) is 1. The number of nitrogens with zero attached hydrogens (tertiary/aromatic N) is 1. The van der Waals surface area contributed by atoms with Crippen LogP contribution in [0.3, 0.4) is 0 Å². The van der Waals surface area contributed by atoms with Crippen LogP contribution in [0.15, 0.2) is 24.5 Å². The van der Waals surface area contributed by atoms with Crippen molar-refractivity contribution in [3.05, 3.63) is 30.1 Å². The van der Waals surface area contributed by atoms with Crippen molar-refractivity contribution < 1.29 is 0 Å². The first kappa shape index (κ1) is 11.6. The fourth-order valence-corrected chi connectivity index (χ4v) is 2.92. The van der Waals surface area contributed by atoms with Crippen molar-refractivity contribution in [1.82, 2.24) is 10.3 Å². The molecule has 0 saturated heterocycles. The predicted octanol–water partition coefficient (Wildman–Crippen LogP) is 3.00.